The first-order valence-electron chi connectivity index (χ1n) is 12.9. The van der Waals surface area contributed by atoms with E-state index in [0.717, 1.165) is 0 Å². The fourth-order valence-electron chi connectivity index (χ4n) is 4.46. The first kappa shape index (κ1) is 27.0. The maximum Gasteiger partial charge on any atom is 0.291 e. The number of ether oxygens (including phenoxy) is 1. The molecule has 1 aromatic heterocycles. The Morgan fingerprint density at radius 1 is 0.800 bits per heavy atom. The molecular weight excluding hydrogens is 522 g/mol. The molecule has 0 fully saturated rings. The zero-order valence-electron chi connectivity index (χ0n) is 22.2. The molecule has 0 bridgehead atoms. The van der Waals surface area contributed by atoms with Gasteiger partial charge in [0.2, 0.25) is 0 Å². The Bertz CT molecular complexity index is 1620. The molecule has 4 aromatic carbocycles. The van der Waals surface area contributed by atoms with Crippen molar-refractivity contribution in [1.82, 2.24) is 0 Å². The predicted octanol–water partition coefficient (Wildman–Crippen LogP) is 8.32. The normalized spacial score (nSPS) is 11.2. The van der Waals surface area contributed by atoms with Gasteiger partial charge in [0.25, 0.3) is 5.91 Å². The highest BCUT2D eigenvalue weighted by molar-refractivity contribution is 6.31. The van der Waals surface area contributed by atoms with Crippen molar-refractivity contribution in [3.63, 3.8) is 0 Å². The molecule has 1 N–H and O–H groups in total. The van der Waals surface area contributed by atoms with Crippen LogP contribution in [0.5, 0.6) is 5.75 Å². The van der Waals surface area contributed by atoms with Gasteiger partial charge in [-0.15, -0.1) is 0 Å². The number of amides is 1. The highest BCUT2D eigenvalue weighted by Crippen LogP contribution is 2.32. The summed E-state index contributed by atoms with van der Waals surface area (Å²) in [6.07, 6.45) is 0. The number of furan rings is 1. The van der Waals surface area contributed by atoms with Crippen molar-refractivity contribution in [3.8, 4) is 5.75 Å². The van der Waals surface area contributed by atoms with Crippen molar-refractivity contribution in [3.05, 3.63) is 154 Å². The van der Waals surface area contributed by atoms with Crippen molar-refractivity contribution >= 4 is 29.0 Å². The lowest BCUT2D eigenvalue weighted by Gasteiger charge is -2.26. The van der Waals surface area contributed by atoms with Crippen LogP contribution in [0.25, 0.3) is 0 Å². The third-order valence-electron chi connectivity index (χ3n) is 6.85. The quantitative estimate of drug-likeness (QED) is 0.188. The van der Waals surface area contributed by atoms with Gasteiger partial charge >= 0.3 is 0 Å². The molecule has 0 unspecified atom stereocenters. The Morgan fingerprint density at radius 2 is 1.45 bits per heavy atom. The molecule has 200 valence electrons. The molecule has 40 heavy (non-hydrogen) atoms. The second-order valence-electron chi connectivity index (χ2n) is 9.91. The molecule has 0 aliphatic rings. The van der Waals surface area contributed by atoms with Crippen LogP contribution < -0.4 is 10.1 Å². The van der Waals surface area contributed by atoms with Gasteiger partial charge < -0.3 is 14.5 Å². The second kappa shape index (κ2) is 11.6. The number of nitrogens with one attached hydrogen (secondary N) is 1. The lowest BCUT2D eigenvalue weighted by atomic mass is 9.78. The van der Waals surface area contributed by atoms with Crippen LogP contribution in [0.1, 0.15) is 57.2 Å². The van der Waals surface area contributed by atoms with Gasteiger partial charge in [0.1, 0.15) is 18.1 Å². The molecular formula is C34H28ClNO4. The van der Waals surface area contributed by atoms with E-state index in [1.165, 1.54) is 11.1 Å². The zero-order chi connectivity index (χ0) is 28.1. The lowest BCUT2D eigenvalue weighted by Crippen LogP contribution is -2.18. The van der Waals surface area contributed by atoms with Crippen LogP contribution in [0.3, 0.4) is 0 Å². The number of benzene rings is 4. The minimum Gasteiger partial charge on any atom is -0.486 e. The van der Waals surface area contributed by atoms with Crippen molar-refractivity contribution in [1.29, 1.82) is 0 Å². The third-order valence-corrected chi connectivity index (χ3v) is 7.08. The molecule has 1 amide bonds. The van der Waals surface area contributed by atoms with Crippen molar-refractivity contribution in [2.75, 3.05) is 5.32 Å². The van der Waals surface area contributed by atoms with Crippen LogP contribution in [0.4, 0.5) is 5.69 Å². The SMILES string of the molecule is CC(C)(c1ccccc1)c1ccc(OCc2ccc(C(=O)Nc3ccc(Cl)cc3C(=O)c3ccccc3)o2)cc1. The molecule has 0 spiro atoms. The highest BCUT2D eigenvalue weighted by Gasteiger charge is 2.23. The summed E-state index contributed by atoms with van der Waals surface area (Å²) in [5, 5.41) is 3.17. The van der Waals surface area contributed by atoms with Crippen LogP contribution in [-0.2, 0) is 12.0 Å². The van der Waals surface area contributed by atoms with E-state index in [0.29, 0.717) is 33.3 Å². The van der Waals surface area contributed by atoms with E-state index in [9.17, 15) is 9.59 Å². The number of ketones is 1. The minimum absolute atomic E-state index is 0.103. The first-order valence-corrected chi connectivity index (χ1v) is 13.3. The average Bonchev–Trinajstić information content (AvgIpc) is 3.47. The molecule has 1 heterocycles. The largest absolute Gasteiger partial charge is 0.486 e. The molecule has 6 heteroatoms. The van der Waals surface area contributed by atoms with Gasteiger partial charge in [-0.2, -0.15) is 0 Å². The van der Waals surface area contributed by atoms with E-state index >= 15 is 0 Å². The third kappa shape index (κ3) is 6.00. The Hall–Kier alpha value is -4.61. The number of carbonyl (C=O) groups excluding carboxylic acids is 2. The Labute approximate surface area is 238 Å². The Kier molecular flexibility index (Phi) is 7.85. The number of anilines is 1. The van der Waals surface area contributed by atoms with Gasteiger partial charge in [-0.1, -0.05) is 98.2 Å². The fourth-order valence-corrected chi connectivity index (χ4v) is 4.64. The van der Waals surface area contributed by atoms with E-state index in [4.69, 9.17) is 20.8 Å². The molecule has 5 nitrogen and oxygen atoms in total. The highest BCUT2D eigenvalue weighted by atomic mass is 35.5. The van der Waals surface area contributed by atoms with Crippen LogP contribution in [-0.4, -0.2) is 11.7 Å². The standard InChI is InChI=1S/C34H28ClNO4/c1-34(2,24-11-7-4-8-12-24)25-13-16-27(17-14-25)39-22-28-18-20-31(40-28)33(38)36-30-19-15-26(35)21-29(30)32(37)23-9-5-3-6-10-23/h3-21H,22H2,1-2H3,(H,36,38). The number of hydrogen-bond acceptors (Lipinski definition) is 4. The molecule has 0 aliphatic heterocycles. The summed E-state index contributed by atoms with van der Waals surface area (Å²) >= 11 is 6.15. The van der Waals surface area contributed by atoms with Crippen LogP contribution >= 0.6 is 11.6 Å². The van der Waals surface area contributed by atoms with Crippen LogP contribution in [0, 0.1) is 0 Å². The van der Waals surface area contributed by atoms with E-state index in [-0.39, 0.29) is 23.6 Å². The van der Waals surface area contributed by atoms with E-state index < -0.39 is 5.91 Å². The summed E-state index contributed by atoms with van der Waals surface area (Å²) in [5.41, 5.74) is 3.40. The molecule has 0 aliphatic carbocycles. The van der Waals surface area contributed by atoms with Gasteiger partial charge in [0, 0.05) is 21.6 Å². The van der Waals surface area contributed by atoms with Gasteiger partial charge in [0.15, 0.2) is 11.5 Å². The monoisotopic (exact) mass is 549 g/mol. The van der Waals surface area contributed by atoms with E-state index in [1.807, 2.05) is 36.4 Å². The maximum atomic E-state index is 13.1. The lowest BCUT2D eigenvalue weighted by molar-refractivity contribution is 0.0992. The molecule has 5 rings (SSSR count). The van der Waals surface area contributed by atoms with Crippen LogP contribution in [0.2, 0.25) is 5.02 Å². The number of rotatable bonds is 9. The average molecular weight is 550 g/mol. The molecule has 0 radical (unpaired) electrons. The topological polar surface area (TPSA) is 68.5 Å². The van der Waals surface area contributed by atoms with Crippen LogP contribution in [0.15, 0.2) is 120 Å². The number of carbonyl (C=O) groups is 2. The molecule has 0 atom stereocenters. The summed E-state index contributed by atoms with van der Waals surface area (Å²) in [4.78, 5) is 26.0. The molecule has 5 aromatic rings. The maximum absolute atomic E-state index is 13.1. The molecule has 0 saturated heterocycles. The van der Waals surface area contributed by atoms with E-state index in [2.05, 4.69) is 43.4 Å². The first-order chi connectivity index (χ1) is 19.3. The minimum atomic E-state index is -0.483. The second-order valence-corrected chi connectivity index (χ2v) is 10.3. The predicted molar refractivity (Wildman–Crippen MR) is 157 cm³/mol. The van der Waals surface area contributed by atoms with E-state index in [1.54, 1.807) is 54.6 Å². The van der Waals surface area contributed by atoms with Crippen molar-refractivity contribution in [2.45, 2.75) is 25.9 Å². The van der Waals surface area contributed by atoms with Crippen molar-refractivity contribution in [2.24, 2.45) is 0 Å². The summed E-state index contributed by atoms with van der Waals surface area (Å²) in [7, 11) is 0. The summed E-state index contributed by atoms with van der Waals surface area (Å²) in [6, 6.07) is 35.2. The van der Waals surface area contributed by atoms with Crippen molar-refractivity contribution < 1.29 is 18.7 Å². The smallest absolute Gasteiger partial charge is 0.291 e. The number of halogens is 1. The summed E-state index contributed by atoms with van der Waals surface area (Å²) in [5.74, 6) is 0.565. The van der Waals surface area contributed by atoms with Gasteiger partial charge in [-0.3, -0.25) is 9.59 Å². The van der Waals surface area contributed by atoms with Gasteiger partial charge in [0.05, 0.1) is 5.69 Å². The summed E-state index contributed by atoms with van der Waals surface area (Å²) < 4.78 is 11.6. The van der Waals surface area contributed by atoms with Gasteiger partial charge in [-0.25, -0.2) is 0 Å². The fraction of sp³-hybridized carbons (Fsp3) is 0.118. The zero-order valence-corrected chi connectivity index (χ0v) is 22.9. The summed E-state index contributed by atoms with van der Waals surface area (Å²) in [6.45, 7) is 4.55. The number of hydrogen-bond donors (Lipinski definition) is 1. The van der Waals surface area contributed by atoms with Gasteiger partial charge in [-0.05, 0) is 53.6 Å². The Morgan fingerprint density at radius 3 is 2.15 bits per heavy atom. The Balaban J connectivity index is 1.23. The molecule has 0 saturated carbocycles.